The molecule has 4 nitrogen and oxygen atoms in total. The van der Waals surface area contributed by atoms with Crippen LogP contribution in [-0.4, -0.2) is 40.8 Å². The van der Waals surface area contributed by atoms with Crippen molar-refractivity contribution in [1.29, 1.82) is 0 Å². The van der Waals surface area contributed by atoms with Crippen molar-refractivity contribution in [2.75, 3.05) is 7.05 Å². The van der Waals surface area contributed by atoms with Crippen LogP contribution >= 0.6 is 0 Å². The van der Waals surface area contributed by atoms with E-state index in [2.05, 4.69) is 37.4 Å². The molecule has 33 heavy (non-hydrogen) atoms. The zero-order chi connectivity index (χ0) is 22.9. The Bertz CT molecular complexity index is 1030. The van der Waals surface area contributed by atoms with E-state index in [1.54, 1.807) is 24.3 Å². The Morgan fingerprint density at radius 3 is 1.79 bits per heavy atom. The molecule has 2 saturated heterocycles. The molecule has 2 atom stereocenters. The molecular weight excluding hydrogens is 410 g/mol. The van der Waals surface area contributed by atoms with Crippen molar-refractivity contribution < 1.29 is 19.1 Å². The van der Waals surface area contributed by atoms with Gasteiger partial charge < -0.3 is 14.3 Å². The minimum Gasteiger partial charge on any atom is -0.459 e. The SMILES string of the molecule is C[N+]1(Cc2ccccc2)[C@H]2CC[C@H]1CC(OC(=O)C(O)(c1ccccc1)c1ccccc1)C2. The molecule has 2 aliphatic rings. The molecule has 0 saturated carbocycles. The quantitative estimate of drug-likeness (QED) is 0.440. The maximum absolute atomic E-state index is 13.5. The normalized spacial score (nSPS) is 26.7. The summed E-state index contributed by atoms with van der Waals surface area (Å²) in [7, 11) is 2.36. The molecular formula is C29H32NO3+. The molecule has 4 heteroatoms. The van der Waals surface area contributed by atoms with Gasteiger partial charge in [0.15, 0.2) is 0 Å². The second kappa shape index (κ2) is 8.77. The third-order valence-corrected chi connectivity index (χ3v) is 7.89. The highest BCUT2D eigenvalue weighted by molar-refractivity contribution is 5.85. The smallest absolute Gasteiger partial charge is 0.347 e. The number of carbonyl (C=O) groups excluding carboxylic acids is 1. The second-order valence-electron chi connectivity index (χ2n) is 9.82. The summed E-state index contributed by atoms with van der Waals surface area (Å²) in [6, 6.07) is 29.8. The minimum absolute atomic E-state index is 0.170. The molecule has 2 heterocycles. The van der Waals surface area contributed by atoms with Gasteiger partial charge in [-0.05, 0) is 11.1 Å². The fourth-order valence-corrected chi connectivity index (χ4v) is 6.02. The highest BCUT2D eigenvalue weighted by Gasteiger charge is 2.53. The van der Waals surface area contributed by atoms with Gasteiger partial charge in [-0.25, -0.2) is 4.79 Å². The lowest BCUT2D eigenvalue weighted by atomic mass is 9.86. The molecule has 0 radical (unpaired) electrons. The van der Waals surface area contributed by atoms with E-state index in [0.717, 1.165) is 36.7 Å². The lowest BCUT2D eigenvalue weighted by Gasteiger charge is -2.47. The molecule has 0 amide bonds. The van der Waals surface area contributed by atoms with Crippen LogP contribution in [0.3, 0.4) is 0 Å². The van der Waals surface area contributed by atoms with E-state index in [9.17, 15) is 9.90 Å². The molecule has 3 aromatic carbocycles. The molecule has 0 spiro atoms. The molecule has 2 bridgehead atoms. The van der Waals surface area contributed by atoms with Crippen LogP contribution in [0.15, 0.2) is 91.0 Å². The van der Waals surface area contributed by atoms with Crippen molar-refractivity contribution >= 4 is 5.97 Å². The van der Waals surface area contributed by atoms with Crippen LogP contribution in [0.1, 0.15) is 42.4 Å². The van der Waals surface area contributed by atoms with Crippen molar-refractivity contribution in [2.24, 2.45) is 0 Å². The summed E-state index contributed by atoms with van der Waals surface area (Å²) >= 11 is 0. The summed E-state index contributed by atoms with van der Waals surface area (Å²) < 4.78 is 7.10. The monoisotopic (exact) mass is 442 g/mol. The van der Waals surface area contributed by atoms with Crippen molar-refractivity contribution in [3.05, 3.63) is 108 Å². The van der Waals surface area contributed by atoms with E-state index in [1.165, 1.54) is 5.56 Å². The minimum atomic E-state index is -1.82. The van der Waals surface area contributed by atoms with Gasteiger partial charge in [0.2, 0.25) is 5.60 Å². The number of fused-ring (bicyclic) bond motifs is 2. The average molecular weight is 443 g/mol. The molecule has 3 aromatic rings. The number of hydrogen-bond donors (Lipinski definition) is 1. The van der Waals surface area contributed by atoms with E-state index in [0.29, 0.717) is 23.2 Å². The summed E-state index contributed by atoms with van der Waals surface area (Å²) in [5.41, 5.74) is 0.602. The Hall–Kier alpha value is -2.95. The molecule has 0 unspecified atom stereocenters. The van der Waals surface area contributed by atoms with Crippen LogP contribution in [0, 0.1) is 0 Å². The fourth-order valence-electron chi connectivity index (χ4n) is 6.02. The van der Waals surface area contributed by atoms with Gasteiger partial charge in [0, 0.05) is 31.2 Å². The van der Waals surface area contributed by atoms with Crippen molar-refractivity contribution in [2.45, 2.75) is 56.0 Å². The molecule has 5 rings (SSSR count). The van der Waals surface area contributed by atoms with E-state index in [4.69, 9.17) is 4.74 Å². The molecule has 2 aliphatic heterocycles. The first-order valence-electron chi connectivity index (χ1n) is 11.9. The lowest BCUT2D eigenvalue weighted by Crippen LogP contribution is -2.58. The lowest BCUT2D eigenvalue weighted by molar-refractivity contribution is -0.961. The Kier molecular flexibility index (Phi) is 5.81. The first kappa shape index (κ1) is 21.9. The number of piperidine rings is 1. The van der Waals surface area contributed by atoms with Crippen LogP contribution in [0.25, 0.3) is 0 Å². The Labute approximate surface area is 196 Å². The molecule has 0 aliphatic carbocycles. The number of hydrogen-bond acceptors (Lipinski definition) is 3. The maximum atomic E-state index is 13.5. The fraction of sp³-hybridized carbons (Fsp3) is 0.345. The Morgan fingerprint density at radius 1 is 0.848 bits per heavy atom. The molecule has 0 aromatic heterocycles. The van der Waals surface area contributed by atoms with Crippen LogP contribution in [0.5, 0.6) is 0 Å². The Morgan fingerprint density at radius 2 is 1.30 bits per heavy atom. The number of ether oxygens (including phenoxy) is 1. The van der Waals surface area contributed by atoms with Crippen molar-refractivity contribution in [1.82, 2.24) is 0 Å². The predicted octanol–water partition coefficient (Wildman–Crippen LogP) is 4.81. The number of aliphatic hydroxyl groups is 1. The molecule has 170 valence electrons. The standard InChI is InChI=1S/C29H32NO3/c1-30(21-22-11-5-2-6-12-22)25-17-18-26(30)20-27(19-25)33-28(31)29(32,23-13-7-3-8-14-23)24-15-9-4-10-16-24/h2-16,25-27,32H,17-21H2,1H3/q+1/t25-,26-,27?,30?/m0/s1. The van der Waals surface area contributed by atoms with Crippen LogP contribution in [0.2, 0.25) is 0 Å². The van der Waals surface area contributed by atoms with Gasteiger partial charge in [0.05, 0.1) is 19.1 Å². The number of quaternary nitrogens is 1. The first-order valence-corrected chi connectivity index (χ1v) is 11.9. The third-order valence-electron chi connectivity index (χ3n) is 7.89. The summed E-state index contributed by atoms with van der Waals surface area (Å²) in [4.78, 5) is 13.5. The van der Waals surface area contributed by atoms with Crippen LogP contribution in [0.4, 0.5) is 0 Å². The average Bonchev–Trinajstić information content (AvgIpc) is 3.01. The van der Waals surface area contributed by atoms with E-state index in [1.807, 2.05) is 36.4 Å². The second-order valence-corrected chi connectivity index (χ2v) is 9.82. The van der Waals surface area contributed by atoms with Crippen molar-refractivity contribution in [3.63, 3.8) is 0 Å². The Balaban J connectivity index is 1.36. The number of nitrogens with zero attached hydrogens (tertiary/aromatic N) is 1. The largest absolute Gasteiger partial charge is 0.459 e. The summed E-state index contributed by atoms with van der Waals surface area (Å²) in [5.74, 6) is -0.580. The summed E-state index contributed by atoms with van der Waals surface area (Å²) in [5, 5.41) is 11.7. The zero-order valence-corrected chi connectivity index (χ0v) is 19.1. The van der Waals surface area contributed by atoms with Crippen LogP contribution in [-0.2, 0) is 21.7 Å². The van der Waals surface area contributed by atoms with E-state index >= 15 is 0 Å². The summed E-state index contributed by atoms with van der Waals surface area (Å²) in [6.07, 6.45) is 3.82. The zero-order valence-electron chi connectivity index (χ0n) is 19.1. The maximum Gasteiger partial charge on any atom is 0.347 e. The number of rotatable bonds is 6. The van der Waals surface area contributed by atoms with E-state index < -0.39 is 11.6 Å². The molecule has 2 fully saturated rings. The number of carbonyl (C=O) groups is 1. The predicted molar refractivity (Wildman–Crippen MR) is 128 cm³/mol. The van der Waals surface area contributed by atoms with Crippen LogP contribution < -0.4 is 0 Å². The topological polar surface area (TPSA) is 46.5 Å². The summed E-state index contributed by atoms with van der Waals surface area (Å²) in [6.45, 7) is 1.01. The van der Waals surface area contributed by atoms with Gasteiger partial charge in [-0.1, -0.05) is 91.0 Å². The van der Waals surface area contributed by atoms with E-state index in [-0.39, 0.29) is 6.10 Å². The van der Waals surface area contributed by atoms with Gasteiger partial charge in [0.1, 0.15) is 12.6 Å². The third kappa shape index (κ3) is 3.98. The van der Waals surface area contributed by atoms with Gasteiger partial charge in [-0.3, -0.25) is 0 Å². The number of esters is 1. The van der Waals surface area contributed by atoms with Gasteiger partial charge >= 0.3 is 5.97 Å². The van der Waals surface area contributed by atoms with Crippen molar-refractivity contribution in [3.8, 4) is 0 Å². The highest BCUT2D eigenvalue weighted by atomic mass is 16.6. The van der Waals surface area contributed by atoms with Gasteiger partial charge in [-0.2, -0.15) is 0 Å². The highest BCUT2D eigenvalue weighted by Crippen LogP contribution is 2.44. The van der Waals surface area contributed by atoms with Gasteiger partial charge in [-0.15, -0.1) is 0 Å². The van der Waals surface area contributed by atoms with Gasteiger partial charge in [0.25, 0.3) is 0 Å². The molecule has 1 N–H and O–H groups in total. The number of benzene rings is 3. The first-order chi connectivity index (χ1) is 16.0.